The highest BCUT2D eigenvalue weighted by molar-refractivity contribution is 5.90. The topological polar surface area (TPSA) is 224 Å². The summed E-state index contributed by atoms with van der Waals surface area (Å²) in [6, 6.07) is 5.10. The lowest BCUT2D eigenvalue weighted by Gasteiger charge is -2.32. The number of ketones is 1. The van der Waals surface area contributed by atoms with Gasteiger partial charge in [0.25, 0.3) is 5.56 Å². The molecular formula is C18H18FN7O6. The van der Waals surface area contributed by atoms with Crippen LogP contribution in [0.4, 0.5) is 10.3 Å². The Morgan fingerprint density at radius 3 is 2.56 bits per heavy atom. The summed E-state index contributed by atoms with van der Waals surface area (Å²) in [6.07, 6.45) is -4.01. The Labute approximate surface area is 178 Å². The van der Waals surface area contributed by atoms with Crippen molar-refractivity contribution in [3.8, 4) is 0 Å². The molecule has 6 N–H and O–H groups in total. The molecule has 0 amide bonds. The van der Waals surface area contributed by atoms with Crippen molar-refractivity contribution < 1.29 is 29.2 Å². The number of nitrogens with one attached hydrogen (secondary N) is 1. The van der Waals surface area contributed by atoms with Crippen molar-refractivity contribution in [2.45, 2.75) is 30.5 Å². The van der Waals surface area contributed by atoms with E-state index in [1.165, 1.54) is 24.3 Å². The van der Waals surface area contributed by atoms with Crippen LogP contribution in [-0.4, -0.2) is 65.5 Å². The average molecular weight is 447 g/mol. The molecule has 1 saturated heterocycles. The van der Waals surface area contributed by atoms with E-state index in [1.807, 2.05) is 0 Å². The zero-order chi connectivity index (χ0) is 23.6. The first kappa shape index (κ1) is 22.9. The van der Waals surface area contributed by atoms with Crippen LogP contribution in [0.5, 0.6) is 0 Å². The highest BCUT2D eigenvalue weighted by Crippen LogP contribution is 2.39. The summed E-state index contributed by atoms with van der Waals surface area (Å²) < 4.78 is 19.9. The fraction of sp³-hybridized carbons (Fsp3) is 0.333. The molecule has 0 saturated carbocycles. The molecule has 1 aromatic carbocycles. The number of aromatic amines is 1. The number of anilines is 1. The smallest absolute Gasteiger partial charge is 0.280 e. The number of hydrogen-bond donors (Lipinski definition) is 5. The van der Waals surface area contributed by atoms with Crippen LogP contribution < -0.4 is 11.3 Å². The number of H-pyrrole nitrogens is 1. The van der Waals surface area contributed by atoms with Gasteiger partial charge in [-0.3, -0.25) is 19.1 Å². The minimum absolute atomic E-state index is 0.159. The van der Waals surface area contributed by atoms with Crippen molar-refractivity contribution in [3.63, 3.8) is 0 Å². The van der Waals surface area contributed by atoms with Gasteiger partial charge in [0, 0.05) is 17.2 Å². The molecule has 1 fully saturated rings. The van der Waals surface area contributed by atoms with Crippen molar-refractivity contribution in [2.24, 2.45) is 0 Å². The van der Waals surface area contributed by atoms with Crippen LogP contribution in [0.25, 0.3) is 11.2 Å². The zero-order valence-electron chi connectivity index (χ0n) is 16.3. The third-order valence-electron chi connectivity index (χ3n) is 5.08. The van der Waals surface area contributed by atoms with Gasteiger partial charge < -0.3 is 25.8 Å². The Balaban J connectivity index is 0.00000141. The standard InChI is InChI=1S/C18H18FN5O6.N2/c19-9-3-1-8(2-4-9)5-11(26)18(14(28)13(27)10(6-25)30-18)24-7-21-12-15(24)22-17(20)23-16(12)29;1-2/h1-4,7,10,13-14,25,27-28H,5-6H2,(H3,20,22,23,29);/t10-,13-,14-,18-;/m1./s1. The Hall–Kier alpha value is -3.77. The molecule has 13 nitrogen and oxygen atoms in total. The first-order valence-electron chi connectivity index (χ1n) is 9.13. The van der Waals surface area contributed by atoms with Gasteiger partial charge in [-0.1, -0.05) is 12.1 Å². The number of Topliss-reactive ketones (excluding diaryl/α,β-unsaturated/α-hetero) is 1. The SMILES string of the molecule is N#N.Nc1nc2c(ncn2[C@]2(C(=O)Cc3ccc(F)cc3)O[C@H](CO)[C@@H](O)[C@H]2O)c(=O)[nH]1. The molecule has 0 unspecified atom stereocenters. The Morgan fingerprint density at radius 1 is 1.31 bits per heavy atom. The van der Waals surface area contributed by atoms with E-state index in [1.54, 1.807) is 0 Å². The molecule has 14 heteroatoms. The molecule has 168 valence electrons. The number of nitrogen functional groups attached to an aromatic ring is 1. The number of aliphatic hydroxyl groups excluding tert-OH is 3. The molecule has 0 spiro atoms. The first-order valence-corrected chi connectivity index (χ1v) is 9.13. The van der Waals surface area contributed by atoms with E-state index in [9.17, 15) is 29.3 Å². The monoisotopic (exact) mass is 447 g/mol. The molecule has 0 aliphatic carbocycles. The number of ether oxygens (including phenoxy) is 1. The quantitative estimate of drug-likeness (QED) is 0.281. The summed E-state index contributed by atoms with van der Waals surface area (Å²) in [5.41, 5.74) is 2.75. The van der Waals surface area contributed by atoms with Crippen molar-refractivity contribution >= 4 is 22.9 Å². The second kappa shape index (κ2) is 8.77. The van der Waals surface area contributed by atoms with Crippen molar-refractivity contribution in [1.29, 1.82) is 10.8 Å². The molecule has 3 aromatic rings. The molecule has 0 radical (unpaired) electrons. The van der Waals surface area contributed by atoms with Gasteiger partial charge in [0.2, 0.25) is 11.7 Å². The molecular weight excluding hydrogens is 429 g/mol. The normalized spacial score (nSPS) is 24.8. The lowest BCUT2D eigenvalue weighted by atomic mass is 9.93. The van der Waals surface area contributed by atoms with Crippen LogP contribution in [0.2, 0.25) is 0 Å². The van der Waals surface area contributed by atoms with Gasteiger partial charge in [-0.2, -0.15) is 4.98 Å². The maximum Gasteiger partial charge on any atom is 0.280 e. The molecule has 32 heavy (non-hydrogen) atoms. The molecule has 4 rings (SSSR count). The number of imidazole rings is 1. The molecule has 3 heterocycles. The number of carbonyl (C=O) groups is 1. The maximum absolute atomic E-state index is 13.4. The predicted molar refractivity (Wildman–Crippen MR) is 103 cm³/mol. The van der Waals surface area contributed by atoms with Crippen LogP contribution in [0.1, 0.15) is 5.56 Å². The average Bonchev–Trinajstić information content (AvgIpc) is 3.31. The van der Waals surface area contributed by atoms with E-state index in [2.05, 4.69) is 15.0 Å². The lowest BCUT2D eigenvalue weighted by Crippen LogP contribution is -2.52. The van der Waals surface area contributed by atoms with Gasteiger partial charge in [-0.15, -0.1) is 0 Å². The molecule has 1 aliphatic rings. The second-order valence-electron chi connectivity index (χ2n) is 6.94. The van der Waals surface area contributed by atoms with Gasteiger partial charge in [0.15, 0.2) is 16.9 Å². The maximum atomic E-state index is 13.4. The number of aliphatic hydroxyl groups is 3. The Kier molecular flexibility index (Phi) is 6.27. The van der Waals surface area contributed by atoms with Gasteiger partial charge >= 0.3 is 0 Å². The van der Waals surface area contributed by atoms with Crippen molar-refractivity contribution in [1.82, 2.24) is 19.5 Å². The van der Waals surface area contributed by atoms with Gasteiger partial charge in [-0.05, 0) is 17.7 Å². The molecule has 0 bridgehead atoms. The fourth-order valence-electron chi connectivity index (χ4n) is 3.60. The largest absolute Gasteiger partial charge is 0.394 e. The zero-order valence-corrected chi connectivity index (χ0v) is 16.3. The summed E-state index contributed by atoms with van der Waals surface area (Å²) in [4.78, 5) is 35.7. The third-order valence-corrected chi connectivity index (χ3v) is 5.08. The number of hydrogen-bond acceptors (Lipinski definition) is 11. The van der Waals surface area contributed by atoms with E-state index in [0.717, 1.165) is 10.9 Å². The number of carbonyl (C=O) groups excluding carboxylic acids is 1. The second-order valence-corrected chi connectivity index (χ2v) is 6.94. The summed E-state index contributed by atoms with van der Waals surface area (Å²) in [6.45, 7) is -0.688. The van der Waals surface area contributed by atoms with E-state index in [0.29, 0.717) is 5.56 Å². The number of rotatable bonds is 5. The van der Waals surface area contributed by atoms with Crippen LogP contribution in [0.3, 0.4) is 0 Å². The number of fused-ring (bicyclic) bond motifs is 1. The predicted octanol–water partition coefficient (Wildman–Crippen LogP) is -1.55. The van der Waals surface area contributed by atoms with E-state index in [4.69, 9.17) is 21.3 Å². The summed E-state index contributed by atoms with van der Waals surface area (Å²) >= 11 is 0. The minimum atomic E-state index is -2.26. The highest BCUT2D eigenvalue weighted by atomic mass is 19.1. The summed E-state index contributed by atoms with van der Waals surface area (Å²) in [7, 11) is 0. The molecule has 2 aromatic heterocycles. The lowest BCUT2D eigenvalue weighted by molar-refractivity contribution is -0.173. The van der Waals surface area contributed by atoms with Gasteiger partial charge in [0.1, 0.15) is 30.5 Å². The Bertz CT molecular complexity index is 1210. The minimum Gasteiger partial charge on any atom is -0.394 e. The van der Waals surface area contributed by atoms with E-state index < -0.39 is 47.8 Å². The molecule has 1 aliphatic heterocycles. The first-order chi connectivity index (χ1) is 15.3. The Morgan fingerprint density at radius 2 is 1.97 bits per heavy atom. The van der Waals surface area contributed by atoms with Crippen molar-refractivity contribution in [3.05, 3.63) is 52.3 Å². The fourth-order valence-corrected chi connectivity index (χ4v) is 3.60. The number of aromatic nitrogens is 4. The van der Waals surface area contributed by atoms with Gasteiger partial charge in [-0.25, -0.2) is 9.37 Å². The van der Waals surface area contributed by atoms with Crippen LogP contribution in [-0.2, 0) is 21.7 Å². The van der Waals surface area contributed by atoms with E-state index in [-0.39, 0.29) is 23.5 Å². The van der Waals surface area contributed by atoms with Crippen molar-refractivity contribution in [2.75, 3.05) is 12.3 Å². The highest BCUT2D eigenvalue weighted by Gasteiger charge is 2.60. The number of halogens is 1. The van der Waals surface area contributed by atoms with Gasteiger partial charge in [0.05, 0.1) is 6.61 Å². The number of benzene rings is 1. The van der Waals surface area contributed by atoms with E-state index >= 15 is 0 Å². The van der Waals surface area contributed by atoms with Crippen LogP contribution in [0, 0.1) is 16.6 Å². The van der Waals surface area contributed by atoms with Crippen LogP contribution in [0.15, 0.2) is 35.4 Å². The summed E-state index contributed by atoms with van der Waals surface area (Å²) in [5, 5.41) is 42.7. The summed E-state index contributed by atoms with van der Waals surface area (Å²) in [5.74, 6) is -1.49. The third kappa shape index (κ3) is 3.59. The van der Waals surface area contributed by atoms with Crippen LogP contribution >= 0.6 is 0 Å². The molecule has 4 atom stereocenters. The number of nitrogens with zero attached hydrogens (tertiary/aromatic N) is 5. The number of nitrogens with two attached hydrogens (primary N) is 1.